The average molecular weight is 370 g/mol. The lowest BCUT2D eigenvalue weighted by atomic mass is 9.97. The molecule has 0 saturated carbocycles. The van der Waals surface area contributed by atoms with E-state index in [0.29, 0.717) is 30.6 Å². The molecular weight excluding hydrogens is 340 g/mol. The van der Waals surface area contributed by atoms with Gasteiger partial charge in [-0.15, -0.1) is 0 Å². The Kier molecular flexibility index (Phi) is 5.67. The third-order valence-corrected chi connectivity index (χ3v) is 5.88. The summed E-state index contributed by atoms with van der Waals surface area (Å²) in [6, 6.07) is 8.02. The Balaban J connectivity index is 1.41. The number of likely N-dealkylation sites (tertiary alicyclic amines) is 1. The van der Waals surface area contributed by atoms with Gasteiger partial charge in [0.25, 0.3) is 0 Å². The van der Waals surface area contributed by atoms with Gasteiger partial charge in [-0.2, -0.15) is 0 Å². The first-order chi connectivity index (χ1) is 13.3. The average Bonchev–Trinajstić information content (AvgIpc) is 3.06. The molecule has 2 aliphatic heterocycles. The van der Waals surface area contributed by atoms with Crippen LogP contribution in [0.1, 0.15) is 49.4 Å². The zero-order valence-electron chi connectivity index (χ0n) is 16.3. The number of nitrogens with zero attached hydrogens (tertiary/aromatic N) is 2. The van der Waals surface area contributed by atoms with E-state index >= 15 is 0 Å². The minimum atomic E-state index is -0.240. The van der Waals surface area contributed by atoms with Crippen LogP contribution in [-0.2, 0) is 11.3 Å². The molecule has 1 aromatic heterocycles. The number of unbranched alkanes of at least 4 members (excludes halogenated alkanes) is 1. The molecule has 1 fully saturated rings. The number of hydrogen-bond acceptors (Lipinski definition) is 4. The number of esters is 1. The Labute approximate surface area is 161 Å². The van der Waals surface area contributed by atoms with Crippen LogP contribution in [0.15, 0.2) is 24.3 Å². The first-order valence-electron chi connectivity index (χ1n) is 10.4. The van der Waals surface area contributed by atoms with E-state index in [2.05, 4.69) is 22.5 Å². The molecule has 5 heteroatoms. The lowest BCUT2D eigenvalue weighted by Gasteiger charge is -2.31. The number of para-hydroxylation sites is 1. The van der Waals surface area contributed by atoms with Crippen molar-refractivity contribution < 1.29 is 14.3 Å². The standard InChI is InChI=1S/C22H30N2O3/c1-2-3-11-23-13-9-17(10-14-23)16-27-22(25)20-18-7-4-5-8-19(18)24-12-6-15-26-21(20)24/h4-5,7-8,17H,2-3,6,9-16H2,1H3. The van der Waals surface area contributed by atoms with Crippen LogP contribution in [0.2, 0.25) is 0 Å². The number of rotatable bonds is 6. The van der Waals surface area contributed by atoms with E-state index in [9.17, 15) is 4.79 Å². The number of hydrogen-bond donors (Lipinski definition) is 0. The van der Waals surface area contributed by atoms with Gasteiger partial charge in [-0.25, -0.2) is 4.79 Å². The Morgan fingerprint density at radius 1 is 1.22 bits per heavy atom. The van der Waals surface area contributed by atoms with Crippen molar-refractivity contribution in [1.29, 1.82) is 0 Å². The largest absolute Gasteiger partial charge is 0.478 e. The molecule has 0 bridgehead atoms. The summed E-state index contributed by atoms with van der Waals surface area (Å²) in [5.74, 6) is 0.912. The van der Waals surface area contributed by atoms with Crippen LogP contribution >= 0.6 is 0 Å². The Hall–Kier alpha value is -2.01. The van der Waals surface area contributed by atoms with Gasteiger partial charge in [0, 0.05) is 11.9 Å². The van der Waals surface area contributed by atoms with Gasteiger partial charge in [-0.1, -0.05) is 31.5 Å². The maximum atomic E-state index is 12.9. The summed E-state index contributed by atoms with van der Waals surface area (Å²) in [4.78, 5) is 15.4. The summed E-state index contributed by atoms with van der Waals surface area (Å²) in [7, 11) is 0. The number of aryl methyl sites for hydroxylation is 1. The molecule has 146 valence electrons. The third-order valence-electron chi connectivity index (χ3n) is 5.88. The van der Waals surface area contributed by atoms with Crippen LogP contribution in [0.3, 0.4) is 0 Å². The molecule has 4 rings (SSSR count). The van der Waals surface area contributed by atoms with Crippen molar-refractivity contribution >= 4 is 16.9 Å². The van der Waals surface area contributed by atoms with Crippen LogP contribution in [0.25, 0.3) is 10.9 Å². The van der Waals surface area contributed by atoms with Crippen molar-refractivity contribution in [2.24, 2.45) is 5.92 Å². The molecule has 3 heterocycles. The van der Waals surface area contributed by atoms with E-state index in [4.69, 9.17) is 9.47 Å². The van der Waals surface area contributed by atoms with Crippen LogP contribution in [0, 0.1) is 5.92 Å². The maximum Gasteiger partial charge on any atom is 0.344 e. The zero-order chi connectivity index (χ0) is 18.6. The quantitative estimate of drug-likeness (QED) is 0.718. The third kappa shape index (κ3) is 3.84. The highest BCUT2D eigenvalue weighted by molar-refractivity contribution is 6.07. The Morgan fingerprint density at radius 2 is 2.04 bits per heavy atom. The van der Waals surface area contributed by atoms with Crippen molar-refractivity contribution in [1.82, 2.24) is 9.47 Å². The van der Waals surface area contributed by atoms with Crippen molar-refractivity contribution in [3.63, 3.8) is 0 Å². The molecule has 2 aliphatic rings. The van der Waals surface area contributed by atoms with Crippen LogP contribution in [-0.4, -0.2) is 48.3 Å². The van der Waals surface area contributed by atoms with Gasteiger partial charge in [-0.05, 0) is 57.3 Å². The van der Waals surface area contributed by atoms with E-state index in [-0.39, 0.29) is 5.97 Å². The van der Waals surface area contributed by atoms with Crippen LogP contribution in [0.4, 0.5) is 0 Å². The van der Waals surface area contributed by atoms with Gasteiger partial charge in [0.2, 0.25) is 5.88 Å². The van der Waals surface area contributed by atoms with Crippen molar-refractivity contribution in [3.8, 4) is 5.88 Å². The normalized spacial score (nSPS) is 18.3. The molecule has 0 unspecified atom stereocenters. The zero-order valence-corrected chi connectivity index (χ0v) is 16.3. The van der Waals surface area contributed by atoms with Crippen molar-refractivity contribution in [2.75, 3.05) is 32.8 Å². The molecule has 0 aliphatic carbocycles. The summed E-state index contributed by atoms with van der Waals surface area (Å²) in [6.45, 7) is 7.74. The van der Waals surface area contributed by atoms with Crippen LogP contribution in [0.5, 0.6) is 5.88 Å². The van der Waals surface area contributed by atoms with E-state index in [1.807, 2.05) is 18.2 Å². The van der Waals surface area contributed by atoms with E-state index < -0.39 is 0 Å². The first-order valence-corrected chi connectivity index (χ1v) is 10.4. The number of carbonyl (C=O) groups excluding carboxylic acids is 1. The Morgan fingerprint density at radius 3 is 2.85 bits per heavy atom. The van der Waals surface area contributed by atoms with Crippen molar-refractivity contribution in [3.05, 3.63) is 29.8 Å². The molecule has 27 heavy (non-hydrogen) atoms. The number of carbonyl (C=O) groups is 1. The highest BCUT2D eigenvalue weighted by Gasteiger charge is 2.28. The summed E-state index contributed by atoms with van der Waals surface area (Å²) in [6.07, 6.45) is 5.71. The second kappa shape index (κ2) is 8.34. The summed E-state index contributed by atoms with van der Waals surface area (Å²) in [5, 5.41) is 0.939. The van der Waals surface area contributed by atoms with Gasteiger partial charge in [-0.3, -0.25) is 0 Å². The fourth-order valence-electron chi connectivity index (χ4n) is 4.26. The van der Waals surface area contributed by atoms with Gasteiger partial charge >= 0.3 is 5.97 Å². The maximum absolute atomic E-state index is 12.9. The lowest BCUT2D eigenvalue weighted by Crippen LogP contribution is -2.36. The SMILES string of the molecule is CCCCN1CCC(COC(=O)c2c3n(c4ccccc24)CCCO3)CC1. The minimum Gasteiger partial charge on any atom is -0.478 e. The molecular formula is C22H30N2O3. The van der Waals surface area contributed by atoms with Gasteiger partial charge in [0.1, 0.15) is 5.56 Å². The Bertz CT molecular complexity index is 790. The van der Waals surface area contributed by atoms with E-state index in [0.717, 1.165) is 49.8 Å². The number of piperidine rings is 1. The lowest BCUT2D eigenvalue weighted by molar-refractivity contribution is 0.0368. The van der Waals surface area contributed by atoms with Gasteiger partial charge in [0.15, 0.2) is 0 Å². The van der Waals surface area contributed by atoms with Gasteiger partial charge < -0.3 is 18.9 Å². The molecule has 0 radical (unpaired) electrons. The number of fused-ring (bicyclic) bond motifs is 3. The predicted octanol–water partition coefficient (Wildman–Crippen LogP) is 4.09. The summed E-state index contributed by atoms with van der Waals surface area (Å²) < 4.78 is 13.7. The second-order valence-corrected chi connectivity index (χ2v) is 7.79. The second-order valence-electron chi connectivity index (χ2n) is 7.79. The number of aromatic nitrogens is 1. The minimum absolute atomic E-state index is 0.240. The molecule has 0 spiro atoms. The molecule has 0 amide bonds. The molecule has 1 saturated heterocycles. The highest BCUT2D eigenvalue weighted by Crippen LogP contribution is 2.35. The number of benzene rings is 1. The highest BCUT2D eigenvalue weighted by atomic mass is 16.5. The molecule has 1 aromatic carbocycles. The monoisotopic (exact) mass is 370 g/mol. The summed E-state index contributed by atoms with van der Waals surface area (Å²) in [5.41, 5.74) is 1.66. The molecule has 2 aromatic rings. The fourth-order valence-corrected chi connectivity index (χ4v) is 4.26. The van der Waals surface area contributed by atoms with Crippen LogP contribution < -0.4 is 4.74 Å². The predicted molar refractivity (Wildman–Crippen MR) is 106 cm³/mol. The molecule has 0 atom stereocenters. The summed E-state index contributed by atoms with van der Waals surface area (Å²) >= 11 is 0. The van der Waals surface area contributed by atoms with Gasteiger partial charge in [0.05, 0.1) is 18.7 Å². The fraction of sp³-hybridized carbons (Fsp3) is 0.591. The molecule has 0 N–H and O–H groups in total. The van der Waals surface area contributed by atoms with E-state index in [1.54, 1.807) is 0 Å². The molecule has 5 nitrogen and oxygen atoms in total. The van der Waals surface area contributed by atoms with Crippen molar-refractivity contribution in [2.45, 2.75) is 45.6 Å². The number of ether oxygens (including phenoxy) is 2. The first kappa shape index (κ1) is 18.4. The topological polar surface area (TPSA) is 43.7 Å². The van der Waals surface area contributed by atoms with E-state index in [1.165, 1.54) is 19.4 Å². The smallest absolute Gasteiger partial charge is 0.344 e.